The van der Waals surface area contributed by atoms with Crippen molar-refractivity contribution < 1.29 is 13.9 Å². The highest BCUT2D eigenvalue weighted by atomic mass is 19.1. The van der Waals surface area contributed by atoms with Gasteiger partial charge in [0.25, 0.3) is 0 Å². The Balaban J connectivity index is 1.57. The van der Waals surface area contributed by atoms with Gasteiger partial charge in [-0.15, -0.1) is 0 Å². The van der Waals surface area contributed by atoms with Crippen LogP contribution in [0.4, 0.5) is 4.39 Å². The van der Waals surface area contributed by atoms with Crippen LogP contribution in [-0.2, 0) is 4.74 Å². The summed E-state index contributed by atoms with van der Waals surface area (Å²) in [5, 5.41) is 7.34. The molecule has 0 bridgehead atoms. The van der Waals surface area contributed by atoms with Crippen LogP contribution >= 0.6 is 0 Å². The first-order valence-corrected chi connectivity index (χ1v) is 11.1. The van der Waals surface area contributed by atoms with E-state index in [1.165, 1.54) is 6.07 Å². The number of nitrogens with zero attached hydrogens (tertiary/aromatic N) is 2. The van der Waals surface area contributed by atoms with Gasteiger partial charge in [-0.05, 0) is 29.3 Å². The van der Waals surface area contributed by atoms with Crippen molar-refractivity contribution in [2.75, 3.05) is 33.4 Å². The molecule has 0 spiro atoms. The molecular formula is C27H26FN3O2. The second-order valence-corrected chi connectivity index (χ2v) is 8.05. The number of ether oxygens (including phenoxy) is 2. The van der Waals surface area contributed by atoms with Gasteiger partial charge in [0.2, 0.25) is 0 Å². The fraction of sp³-hybridized carbons (Fsp3) is 0.222. The zero-order chi connectivity index (χ0) is 22.6. The number of H-pyrrole nitrogens is 1. The molecule has 168 valence electrons. The molecule has 1 fully saturated rings. The lowest BCUT2D eigenvalue weighted by Crippen LogP contribution is -2.39. The monoisotopic (exact) mass is 443 g/mol. The van der Waals surface area contributed by atoms with Crippen molar-refractivity contribution in [2.24, 2.45) is 0 Å². The average Bonchev–Trinajstić information content (AvgIpc) is 3.34. The predicted octanol–water partition coefficient (Wildman–Crippen LogP) is 5.31. The highest BCUT2D eigenvalue weighted by molar-refractivity contribution is 5.71. The van der Waals surface area contributed by atoms with Crippen LogP contribution in [0, 0.1) is 5.82 Å². The molecule has 0 aliphatic carbocycles. The number of nitrogens with one attached hydrogen (secondary N) is 1. The van der Waals surface area contributed by atoms with Gasteiger partial charge in [-0.25, -0.2) is 4.39 Å². The maximum atomic E-state index is 14.7. The first-order valence-electron chi connectivity index (χ1n) is 11.1. The molecule has 1 unspecified atom stereocenters. The normalized spacial score (nSPS) is 15.3. The van der Waals surface area contributed by atoms with Gasteiger partial charge >= 0.3 is 0 Å². The van der Waals surface area contributed by atoms with Crippen molar-refractivity contribution in [2.45, 2.75) is 6.04 Å². The quantitative estimate of drug-likeness (QED) is 0.439. The summed E-state index contributed by atoms with van der Waals surface area (Å²) in [5.74, 6) is 0.571. The number of morpholine rings is 1. The summed E-state index contributed by atoms with van der Waals surface area (Å²) in [5.41, 5.74) is 5.43. The maximum absolute atomic E-state index is 14.7. The number of benzene rings is 3. The molecule has 1 aliphatic rings. The van der Waals surface area contributed by atoms with Gasteiger partial charge in [-0.2, -0.15) is 5.10 Å². The number of hydrogen-bond donors (Lipinski definition) is 1. The van der Waals surface area contributed by atoms with Crippen molar-refractivity contribution in [3.05, 3.63) is 95.9 Å². The number of methoxy groups -OCH3 is 1. The summed E-state index contributed by atoms with van der Waals surface area (Å²) in [6.45, 7) is 2.92. The van der Waals surface area contributed by atoms with Crippen LogP contribution in [0.5, 0.6) is 5.75 Å². The molecule has 1 N–H and O–H groups in total. The van der Waals surface area contributed by atoms with Gasteiger partial charge in [0, 0.05) is 29.8 Å². The molecule has 5 rings (SSSR count). The van der Waals surface area contributed by atoms with Gasteiger partial charge in [0.15, 0.2) is 0 Å². The number of rotatable bonds is 6. The Hall–Kier alpha value is -3.48. The van der Waals surface area contributed by atoms with Crippen molar-refractivity contribution in [1.29, 1.82) is 0 Å². The minimum atomic E-state index is -0.268. The SMILES string of the molecule is COc1ccccc1-c1ccc(C(c2cn[nH]c2-c2ccccc2F)N2CCOCC2)cc1. The Labute approximate surface area is 192 Å². The summed E-state index contributed by atoms with van der Waals surface area (Å²) in [7, 11) is 1.69. The van der Waals surface area contributed by atoms with Gasteiger partial charge < -0.3 is 9.47 Å². The summed E-state index contributed by atoms with van der Waals surface area (Å²) in [4.78, 5) is 2.37. The highest BCUT2D eigenvalue weighted by Crippen LogP contribution is 2.37. The first-order chi connectivity index (χ1) is 16.3. The number of halogens is 1. The number of para-hydroxylation sites is 1. The van der Waals surface area contributed by atoms with Crippen LogP contribution in [0.1, 0.15) is 17.2 Å². The van der Waals surface area contributed by atoms with Crippen molar-refractivity contribution in [1.82, 2.24) is 15.1 Å². The largest absolute Gasteiger partial charge is 0.496 e. The average molecular weight is 444 g/mol. The third-order valence-electron chi connectivity index (χ3n) is 6.16. The molecule has 2 heterocycles. The van der Waals surface area contributed by atoms with E-state index in [1.807, 2.05) is 30.5 Å². The molecule has 1 aliphatic heterocycles. The Bertz CT molecular complexity index is 1220. The van der Waals surface area contributed by atoms with Crippen molar-refractivity contribution >= 4 is 0 Å². The molecule has 33 heavy (non-hydrogen) atoms. The summed E-state index contributed by atoms with van der Waals surface area (Å²) >= 11 is 0. The fourth-order valence-corrected chi connectivity index (χ4v) is 4.53. The second-order valence-electron chi connectivity index (χ2n) is 8.05. The van der Waals surface area contributed by atoms with E-state index >= 15 is 0 Å². The smallest absolute Gasteiger partial charge is 0.132 e. The maximum Gasteiger partial charge on any atom is 0.132 e. The molecule has 1 atom stereocenters. The molecule has 0 amide bonds. The summed E-state index contributed by atoms with van der Waals surface area (Å²) in [6.07, 6.45) is 1.82. The fourth-order valence-electron chi connectivity index (χ4n) is 4.53. The lowest BCUT2D eigenvalue weighted by atomic mass is 9.93. The van der Waals surface area contributed by atoms with Crippen LogP contribution in [0.2, 0.25) is 0 Å². The first kappa shape index (κ1) is 21.4. The third kappa shape index (κ3) is 4.27. The van der Waals surface area contributed by atoms with Crippen LogP contribution in [-0.4, -0.2) is 48.5 Å². The molecule has 1 aromatic heterocycles. The van der Waals surface area contributed by atoms with Gasteiger partial charge in [0.1, 0.15) is 11.6 Å². The predicted molar refractivity (Wildman–Crippen MR) is 127 cm³/mol. The topological polar surface area (TPSA) is 50.4 Å². The Morgan fingerprint density at radius 2 is 1.64 bits per heavy atom. The molecule has 6 heteroatoms. The van der Waals surface area contributed by atoms with E-state index in [2.05, 4.69) is 45.4 Å². The van der Waals surface area contributed by atoms with E-state index in [0.29, 0.717) is 24.5 Å². The van der Waals surface area contributed by atoms with Gasteiger partial charge in [-0.3, -0.25) is 10.00 Å². The Morgan fingerprint density at radius 3 is 2.36 bits per heavy atom. The van der Waals surface area contributed by atoms with E-state index in [9.17, 15) is 4.39 Å². The zero-order valence-corrected chi connectivity index (χ0v) is 18.5. The lowest BCUT2D eigenvalue weighted by Gasteiger charge is -2.35. The number of aromatic nitrogens is 2. The molecule has 1 saturated heterocycles. The standard InChI is InChI=1S/C27H26FN3O2/c1-32-25-9-5-3-6-21(25)19-10-12-20(13-11-19)27(31-14-16-33-17-15-31)23-18-29-30-26(23)22-7-2-4-8-24(22)28/h2-13,18,27H,14-17H2,1H3,(H,29,30). The van der Waals surface area contributed by atoms with E-state index < -0.39 is 0 Å². The van der Waals surface area contributed by atoms with Crippen LogP contribution in [0.25, 0.3) is 22.4 Å². The third-order valence-corrected chi connectivity index (χ3v) is 6.16. The van der Waals surface area contributed by atoms with Crippen LogP contribution < -0.4 is 4.74 Å². The molecule has 4 aromatic rings. The summed E-state index contributed by atoms with van der Waals surface area (Å²) < 4.78 is 25.8. The molecule has 5 nitrogen and oxygen atoms in total. The van der Waals surface area contributed by atoms with Gasteiger partial charge in [0.05, 0.1) is 38.3 Å². The van der Waals surface area contributed by atoms with Gasteiger partial charge in [-0.1, -0.05) is 54.6 Å². The van der Waals surface area contributed by atoms with E-state index in [1.54, 1.807) is 19.2 Å². The van der Waals surface area contributed by atoms with Crippen molar-refractivity contribution in [3.8, 4) is 28.1 Å². The second kappa shape index (κ2) is 9.57. The molecule has 0 radical (unpaired) electrons. The molecule has 3 aromatic carbocycles. The van der Waals surface area contributed by atoms with Crippen LogP contribution in [0.15, 0.2) is 79.0 Å². The minimum Gasteiger partial charge on any atom is -0.496 e. The lowest BCUT2D eigenvalue weighted by molar-refractivity contribution is 0.0240. The molecular weight excluding hydrogens is 417 g/mol. The minimum absolute atomic E-state index is 0.0750. The zero-order valence-electron chi connectivity index (χ0n) is 18.5. The highest BCUT2D eigenvalue weighted by Gasteiger charge is 2.28. The van der Waals surface area contributed by atoms with E-state index in [4.69, 9.17) is 9.47 Å². The van der Waals surface area contributed by atoms with E-state index in [0.717, 1.165) is 41.1 Å². The Morgan fingerprint density at radius 1 is 0.939 bits per heavy atom. The molecule has 0 saturated carbocycles. The number of aromatic amines is 1. The Kier molecular flexibility index (Phi) is 6.19. The number of hydrogen-bond acceptors (Lipinski definition) is 4. The van der Waals surface area contributed by atoms with E-state index in [-0.39, 0.29) is 11.9 Å². The van der Waals surface area contributed by atoms with Crippen LogP contribution in [0.3, 0.4) is 0 Å². The summed E-state index contributed by atoms with van der Waals surface area (Å²) in [6, 6.07) is 23.2. The van der Waals surface area contributed by atoms with Crippen molar-refractivity contribution in [3.63, 3.8) is 0 Å².